The van der Waals surface area contributed by atoms with Crippen LogP contribution in [0.2, 0.25) is 5.02 Å². The molecular formula is C19H22ClNO3. The molecule has 4 nitrogen and oxygen atoms in total. The van der Waals surface area contributed by atoms with Gasteiger partial charge in [0.1, 0.15) is 0 Å². The molecule has 0 bridgehead atoms. The number of ether oxygens (including phenoxy) is 2. The number of amides is 1. The van der Waals surface area contributed by atoms with Crippen molar-refractivity contribution in [1.29, 1.82) is 0 Å². The van der Waals surface area contributed by atoms with E-state index in [0.717, 1.165) is 11.1 Å². The fourth-order valence-corrected chi connectivity index (χ4v) is 2.64. The molecule has 0 N–H and O–H groups in total. The molecule has 0 spiro atoms. The molecule has 0 saturated heterocycles. The van der Waals surface area contributed by atoms with Gasteiger partial charge in [0.05, 0.1) is 14.2 Å². The largest absolute Gasteiger partial charge is 0.493 e. The number of halogens is 1. The van der Waals surface area contributed by atoms with Crippen molar-refractivity contribution >= 4 is 17.5 Å². The summed E-state index contributed by atoms with van der Waals surface area (Å²) in [7, 11) is 5.00. The van der Waals surface area contributed by atoms with E-state index in [-0.39, 0.29) is 5.91 Å². The number of methoxy groups -OCH3 is 2. The normalized spacial score (nSPS) is 10.3. The van der Waals surface area contributed by atoms with Gasteiger partial charge in [0.25, 0.3) is 0 Å². The summed E-state index contributed by atoms with van der Waals surface area (Å²) >= 11 is 6.14. The molecule has 0 radical (unpaired) electrons. The Morgan fingerprint density at radius 2 is 1.79 bits per heavy atom. The molecule has 0 aliphatic heterocycles. The Hall–Kier alpha value is -2.20. The van der Waals surface area contributed by atoms with E-state index < -0.39 is 0 Å². The molecule has 0 aromatic heterocycles. The van der Waals surface area contributed by atoms with Crippen LogP contribution >= 0.6 is 11.6 Å². The SMILES string of the molecule is COc1ccc(CCC(=O)N(C)Cc2ccccc2Cl)cc1OC. The molecule has 0 aliphatic carbocycles. The first-order valence-corrected chi connectivity index (χ1v) is 8.11. The maximum Gasteiger partial charge on any atom is 0.222 e. The minimum atomic E-state index is 0.0738. The third-order valence-corrected chi connectivity index (χ3v) is 4.24. The highest BCUT2D eigenvalue weighted by Crippen LogP contribution is 2.28. The second-order valence-electron chi connectivity index (χ2n) is 5.53. The van der Waals surface area contributed by atoms with Crippen LogP contribution in [0.15, 0.2) is 42.5 Å². The van der Waals surface area contributed by atoms with Crippen molar-refractivity contribution in [3.8, 4) is 11.5 Å². The standard InChI is InChI=1S/C19H22ClNO3/c1-21(13-15-6-4-5-7-16(15)20)19(22)11-9-14-8-10-17(23-2)18(12-14)24-3/h4-8,10,12H,9,11,13H2,1-3H3. The van der Waals surface area contributed by atoms with E-state index in [1.165, 1.54) is 0 Å². The molecule has 0 atom stereocenters. The second kappa shape index (κ2) is 8.60. The monoisotopic (exact) mass is 347 g/mol. The van der Waals surface area contributed by atoms with Crippen molar-refractivity contribution in [2.45, 2.75) is 19.4 Å². The maximum absolute atomic E-state index is 12.3. The van der Waals surface area contributed by atoms with Gasteiger partial charge in [0, 0.05) is 25.0 Å². The quantitative estimate of drug-likeness (QED) is 0.761. The summed E-state index contributed by atoms with van der Waals surface area (Å²) in [5.41, 5.74) is 1.98. The minimum absolute atomic E-state index is 0.0738. The summed E-state index contributed by atoms with van der Waals surface area (Å²) in [5.74, 6) is 1.43. The highest BCUT2D eigenvalue weighted by Gasteiger charge is 2.12. The van der Waals surface area contributed by atoms with Gasteiger partial charge < -0.3 is 14.4 Å². The van der Waals surface area contributed by atoms with Crippen molar-refractivity contribution in [3.63, 3.8) is 0 Å². The third-order valence-electron chi connectivity index (χ3n) is 3.87. The van der Waals surface area contributed by atoms with Crippen LogP contribution in [0, 0.1) is 0 Å². The summed E-state index contributed by atoms with van der Waals surface area (Å²) in [4.78, 5) is 14.0. The third kappa shape index (κ3) is 4.65. The first kappa shape index (κ1) is 18.1. The van der Waals surface area contributed by atoms with Gasteiger partial charge in [0.15, 0.2) is 11.5 Å². The first-order valence-electron chi connectivity index (χ1n) is 7.73. The Balaban J connectivity index is 1.94. The lowest BCUT2D eigenvalue weighted by atomic mass is 10.1. The topological polar surface area (TPSA) is 38.8 Å². The van der Waals surface area contributed by atoms with E-state index in [4.69, 9.17) is 21.1 Å². The van der Waals surface area contributed by atoms with Crippen molar-refractivity contribution in [2.75, 3.05) is 21.3 Å². The maximum atomic E-state index is 12.3. The van der Waals surface area contributed by atoms with E-state index in [9.17, 15) is 4.79 Å². The number of benzene rings is 2. The highest BCUT2D eigenvalue weighted by atomic mass is 35.5. The number of hydrogen-bond donors (Lipinski definition) is 0. The predicted molar refractivity (Wildman–Crippen MR) is 95.8 cm³/mol. The molecule has 2 aromatic carbocycles. The lowest BCUT2D eigenvalue weighted by Gasteiger charge is -2.18. The fourth-order valence-electron chi connectivity index (χ4n) is 2.45. The van der Waals surface area contributed by atoms with E-state index >= 15 is 0 Å². The Kier molecular flexibility index (Phi) is 6.50. The van der Waals surface area contributed by atoms with E-state index in [2.05, 4.69) is 0 Å². The molecule has 128 valence electrons. The lowest BCUT2D eigenvalue weighted by Crippen LogP contribution is -2.26. The first-order chi connectivity index (χ1) is 11.5. The van der Waals surface area contributed by atoms with Crippen LogP contribution in [0.3, 0.4) is 0 Å². The van der Waals surface area contributed by atoms with Gasteiger partial charge in [-0.3, -0.25) is 4.79 Å². The molecule has 1 amide bonds. The van der Waals surface area contributed by atoms with Crippen LogP contribution in [-0.2, 0) is 17.8 Å². The van der Waals surface area contributed by atoms with Gasteiger partial charge in [-0.05, 0) is 35.7 Å². The van der Waals surface area contributed by atoms with E-state index in [0.29, 0.717) is 35.9 Å². The Morgan fingerprint density at radius 1 is 1.08 bits per heavy atom. The zero-order chi connectivity index (χ0) is 17.5. The molecule has 0 heterocycles. The molecule has 24 heavy (non-hydrogen) atoms. The Bertz CT molecular complexity index is 703. The molecule has 0 saturated carbocycles. The van der Waals surface area contributed by atoms with Gasteiger partial charge in [-0.1, -0.05) is 35.9 Å². The van der Waals surface area contributed by atoms with Gasteiger partial charge in [-0.15, -0.1) is 0 Å². The molecule has 5 heteroatoms. The number of carbonyl (C=O) groups is 1. The van der Waals surface area contributed by atoms with Crippen LogP contribution in [0.25, 0.3) is 0 Å². The average molecular weight is 348 g/mol. The summed E-state index contributed by atoms with van der Waals surface area (Å²) in [5, 5.41) is 0.678. The highest BCUT2D eigenvalue weighted by molar-refractivity contribution is 6.31. The van der Waals surface area contributed by atoms with Crippen LogP contribution in [0.5, 0.6) is 11.5 Å². The number of nitrogens with zero attached hydrogens (tertiary/aromatic N) is 1. The molecule has 0 aliphatic rings. The van der Waals surface area contributed by atoms with Gasteiger partial charge in [0.2, 0.25) is 5.91 Å². The van der Waals surface area contributed by atoms with Crippen molar-refractivity contribution in [2.24, 2.45) is 0 Å². The van der Waals surface area contributed by atoms with Crippen LogP contribution in [0.4, 0.5) is 0 Å². The van der Waals surface area contributed by atoms with Crippen LogP contribution < -0.4 is 9.47 Å². The van der Waals surface area contributed by atoms with Gasteiger partial charge >= 0.3 is 0 Å². The zero-order valence-electron chi connectivity index (χ0n) is 14.2. The molecule has 2 aromatic rings. The minimum Gasteiger partial charge on any atom is -0.493 e. The smallest absolute Gasteiger partial charge is 0.222 e. The van der Waals surface area contributed by atoms with Gasteiger partial charge in [-0.2, -0.15) is 0 Å². The molecule has 0 unspecified atom stereocenters. The summed E-state index contributed by atoms with van der Waals surface area (Å²) < 4.78 is 10.5. The second-order valence-corrected chi connectivity index (χ2v) is 5.94. The molecular weight excluding hydrogens is 326 g/mol. The Labute approximate surface area is 147 Å². The average Bonchev–Trinajstić information content (AvgIpc) is 2.61. The number of aryl methyl sites for hydroxylation is 1. The summed E-state index contributed by atoms with van der Waals surface area (Å²) in [6, 6.07) is 13.3. The van der Waals surface area contributed by atoms with Gasteiger partial charge in [-0.25, -0.2) is 0 Å². The predicted octanol–water partition coefficient (Wildman–Crippen LogP) is 3.95. The molecule has 0 fully saturated rings. The Morgan fingerprint density at radius 3 is 2.46 bits per heavy atom. The summed E-state index contributed by atoms with van der Waals surface area (Å²) in [6.45, 7) is 0.504. The van der Waals surface area contributed by atoms with Crippen molar-refractivity contribution in [3.05, 3.63) is 58.6 Å². The number of carbonyl (C=O) groups excluding carboxylic acids is 1. The van der Waals surface area contributed by atoms with Crippen LogP contribution in [0.1, 0.15) is 17.5 Å². The summed E-state index contributed by atoms with van der Waals surface area (Å²) in [6.07, 6.45) is 1.07. The van der Waals surface area contributed by atoms with E-state index in [1.54, 1.807) is 26.2 Å². The number of hydrogen-bond acceptors (Lipinski definition) is 3. The lowest BCUT2D eigenvalue weighted by molar-refractivity contribution is -0.130. The molecule has 2 rings (SSSR count). The van der Waals surface area contributed by atoms with Crippen molar-refractivity contribution in [1.82, 2.24) is 4.90 Å². The van der Waals surface area contributed by atoms with E-state index in [1.807, 2.05) is 42.5 Å². The van der Waals surface area contributed by atoms with Crippen LogP contribution in [-0.4, -0.2) is 32.1 Å². The zero-order valence-corrected chi connectivity index (χ0v) is 15.0. The van der Waals surface area contributed by atoms with Crippen molar-refractivity contribution < 1.29 is 14.3 Å². The fraction of sp³-hybridized carbons (Fsp3) is 0.316. The number of rotatable bonds is 7.